The zero-order valence-electron chi connectivity index (χ0n) is 11.3. The molecule has 0 aromatic carbocycles. The Morgan fingerprint density at radius 2 is 2.17 bits per heavy atom. The quantitative estimate of drug-likeness (QED) is 0.795. The topological polar surface area (TPSA) is 76.0 Å². The molecule has 0 fully saturated rings. The monoisotopic (exact) mass is 252 g/mol. The van der Waals surface area contributed by atoms with E-state index in [2.05, 4.69) is 15.7 Å². The maximum atomic E-state index is 11.9. The van der Waals surface area contributed by atoms with Gasteiger partial charge in [0.2, 0.25) is 5.91 Å². The molecule has 6 nitrogen and oxygen atoms in total. The van der Waals surface area contributed by atoms with Gasteiger partial charge in [0.05, 0.1) is 11.8 Å². The van der Waals surface area contributed by atoms with Crippen molar-refractivity contribution in [2.24, 2.45) is 7.05 Å². The highest BCUT2D eigenvalue weighted by atomic mass is 16.2. The van der Waals surface area contributed by atoms with Gasteiger partial charge in [-0.25, -0.2) is 0 Å². The van der Waals surface area contributed by atoms with Crippen LogP contribution in [0, 0.1) is 6.92 Å². The van der Waals surface area contributed by atoms with E-state index < -0.39 is 6.04 Å². The first-order chi connectivity index (χ1) is 8.47. The third kappa shape index (κ3) is 3.32. The number of carbonyl (C=O) groups is 2. The lowest BCUT2D eigenvalue weighted by atomic mass is 10.2. The summed E-state index contributed by atoms with van der Waals surface area (Å²) in [6, 6.07) is -0.552. The molecular formula is C12H20N4O2. The Balaban J connectivity index is 2.59. The Bertz CT molecular complexity index is 439. The predicted molar refractivity (Wildman–Crippen MR) is 68.2 cm³/mol. The van der Waals surface area contributed by atoms with Gasteiger partial charge in [-0.05, 0) is 20.3 Å². The Morgan fingerprint density at radius 3 is 2.67 bits per heavy atom. The van der Waals surface area contributed by atoms with Gasteiger partial charge in [0.1, 0.15) is 6.04 Å². The summed E-state index contributed by atoms with van der Waals surface area (Å²) in [5.41, 5.74) is 1.27. The van der Waals surface area contributed by atoms with Crippen molar-refractivity contribution in [2.75, 3.05) is 6.54 Å². The number of aryl methyl sites for hydroxylation is 1. The largest absolute Gasteiger partial charge is 0.354 e. The third-order valence-corrected chi connectivity index (χ3v) is 2.77. The second-order valence-electron chi connectivity index (χ2n) is 4.25. The molecule has 2 N–H and O–H groups in total. The zero-order chi connectivity index (χ0) is 13.7. The summed E-state index contributed by atoms with van der Waals surface area (Å²) < 4.78 is 1.62. The Kier molecular flexibility index (Phi) is 4.88. The van der Waals surface area contributed by atoms with E-state index >= 15 is 0 Å². The van der Waals surface area contributed by atoms with Crippen molar-refractivity contribution in [1.29, 1.82) is 0 Å². The summed E-state index contributed by atoms with van der Waals surface area (Å²) in [6.07, 6.45) is 2.37. The van der Waals surface area contributed by atoms with Crippen molar-refractivity contribution in [3.8, 4) is 0 Å². The fourth-order valence-electron chi connectivity index (χ4n) is 1.46. The molecule has 0 aliphatic rings. The average Bonchev–Trinajstić information content (AvgIpc) is 2.66. The molecule has 0 spiro atoms. The number of rotatable bonds is 5. The predicted octanol–water partition coefficient (Wildman–Crippen LogP) is 0.373. The molecule has 2 amide bonds. The normalized spacial score (nSPS) is 12.0. The minimum Gasteiger partial charge on any atom is -0.354 e. The maximum absolute atomic E-state index is 11.9. The molecular weight excluding hydrogens is 232 g/mol. The standard InChI is InChI=1S/C12H20N4O2/c1-5-6-13-11(17)8(2)15-12(18)10-7-14-16(4)9(10)3/h7-8H,5-6H2,1-4H3,(H,13,17)(H,15,18)/t8-/m0/s1. The van der Waals surface area contributed by atoms with Crippen LogP contribution in [0.4, 0.5) is 0 Å². The first-order valence-corrected chi connectivity index (χ1v) is 6.04. The highest BCUT2D eigenvalue weighted by Gasteiger charge is 2.18. The van der Waals surface area contributed by atoms with Crippen LogP contribution in [0.2, 0.25) is 0 Å². The lowest BCUT2D eigenvalue weighted by Crippen LogP contribution is -2.45. The second kappa shape index (κ2) is 6.18. The van der Waals surface area contributed by atoms with Gasteiger partial charge in [0, 0.05) is 19.3 Å². The van der Waals surface area contributed by atoms with E-state index in [-0.39, 0.29) is 11.8 Å². The summed E-state index contributed by atoms with van der Waals surface area (Å²) in [5.74, 6) is -0.452. The third-order valence-electron chi connectivity index (χ3n) is 2.77. The van der Waals surface area contributed by atoms with Gasteiger partial charge < -0.3 is 10.6 Å². The lowest BCUT2D eigenvalue weighted by molar-refractivity contribution is -0.122. The zero-order valence-corrected chi connectivity index (χ0v) is 11.3. The number of aromatic nitrogens is 2. The Morgan fingerprint density at radius 1 is 1.50 bits per heavy atom. The van der Waals surface area contributed by atoms with Gasteiger partial charge in [-0.2, -0.15) is 5.10 Å². The fourth-order valence-corrected chi connectivity index (χ4v) is 1.46. The number of nitrogens with one attached hydrogen (secondary N) is 2. The molecule has 0 aliphatic carbocycles. The minimum atomic E-state index is -0.552. The molecule has 6 heteroatoms. The molecule has 0 saturated heterocycles. The van der Waals surface area contributed by atoms with Gasteiger partial charge in [0.15, 0.2) is 0 Å². The van der Waals surface area contributed by atoms with E-state index in [1.165, 1.54) is 6.20 Å². The first kappa shape index (κ1) is 14.2. The molecule has 0 unspecified atom stereocenters. The van der Waals surface area contributed by atoms with Crippen molar-refractivity contribution in [3.05, 3.63) is 17.5 Å². The first-order valence-electron chi connectivity index (χ1n) is 6.04. The number of hydrogen-bond acceptors (Lipinski definition) is 3. The van der Waals surface area contributed by atoms with Gasteiger partial charge in [0.25, 0.3) is 5.91 Å². The Labute approximate surface area is 107 Å². The summed E-state index contributed by atoms with van der Waals surface area (Å²) in [7, 11) is 1.77. The van der Waals surface area contributed by atoms with E-state index in [9.17, 15) is 9.59 Å². The van der Waals surface area contributed by atoms with Gasteiger partial charge >= 0.3 is 0 Å². The molecule has 0 radical (unpaired) electrons. The van der Waals surface area contributed by atoms with Crippen molar-refractivity contribution in [3.63, 3.8) is 0 Å². The van der Waals surface area contributed by atoms with E-state index in [1.54, 1.807) is 18.7 Å². The van der Waals surface area contributed by atoms with Crippen LogP contribution in [0.1, 0.15) is 36.3 Å². The van der Waals surface area contributed by atoms with Crippen LogP contribution in [0.25, 0.3) is 0 Å². The molecule has 1 aromatic heterocycles. The smallest absolute Gasteiger partial charge is 0.255 e. The van der Waals surface area contributed by atoms with E-state index in [0.29, 0.717) is 12.1 Å². The lowest BCUT2D eigenvalue weighted by Gasteiger charge is -2.13. The maximum Gasteiger partial charge on any atom is 0.255 e. The van der Waals surface area contributed by atoms with E-state index in [1.807, 2.05) is 13.8 Å². The van der Waals surface area contributed by atoms with Crippen molar-refractivity contribution in [1.82, 2.24) is 20.4 Å². The van der Waals surface area contributed by atoms with E-state index in [0.717, 1.165) is 12.1 Å². The van der Waals surface area contributed by atoms with Crippen molar-refractivity contribution in [2.45, 2.75) is 33.2 Å². The molecule has 1 aromatic rings. The fraction of sp³-hybridized carbons (Fsp3) is 0.583. The molecule has 18 heavy (non-hydrogen) atoms. The highest BCUT2D eigenvalue weighted by molar-refractivity contribution is 5.98. The summed E-state index contributed by atoms with van der Waals surface area (Å²) >= 11 is 0. The molecule has 1 rings (SSSR count). The highest BCUT2D eigenvalue weighted by Crippen LogP contribution is 2.05. The Hall–Kier alpha value is -1.85. The summed E-state index contributed by atoms with van der Waals surface area (Å²) in [6.45, 7) is 6.06. The molecule has 0 bridgehead atoms. The SMILES string of the molecule is CCCNC(=O)[C@H](C)NC(=O)c1cnn(C)c1C. The van der Waals surface area contributed by atoms with Crippen LogP contribution in [0.5, 0.6) is 0 Å². The van der Waals surface area contributed by atoms with Gasteiger partial charge in [-0.15, -0.1) is 0 Å². The van der Waals surface area contributed by atoms with Crippen molar-refractivity contribution >= 4 is 11.8 Å². The molecule has 0 saturated carbocycles. The van der Waals surface area contributed by atoms with Crippen molar-refractivity contribution < 1.29 is 9.59 Å². The van der Waals surface area contributed by atoms with Crippen LogP contribution >= 0.6 is 0 Å². The van der Waals surface area contributed by atoms with E-state index in [4.69, 9.17) is 0 Å². The van der Waals surface area contributed by atoms with Gasteiger partial charge in [-0.3, -0.25) is 14.3 Å². The number of carbonyl (C=O) groups excluding carboxylic acids is 2. The van der Waals surface area contributed by atoms with Crippen LogP contribution < -0.4 is 10.6 Å². The minimum absolute atomic E-state index is 0.174. The molecule has 1 heterocycles. The summed E-state index contributed by atoms with van der Waals surface area (Å²) in [5, 5.41) is 9.38. The second-order valence-corrected chi connectivity index (χ2v) is 4.25. The van der Waals surface area contributed by atoms with Gasteiger partial charge in [-0.1, -0.05) is 6.92 Å². The molecule has 1 atom stereocenters. The molecule has 100 valence electrons. The van der Waals surface area contributed by atoms with Crippen LogP contribution in [-0.2, 0) is 11.8 Å². The average molecular weight is 252 g/mol. The number of amides is 2. The van der Waals surface area contributed by atoms with Crippen LogP contribution in [-0.4, -0.2) is 34.2 Å². The summed E-state index contributed by atoms with van der Waals surface area (Å²) in [4.78, 5) is 23.5. The number of hydrogen-bond donors (Lipinski definition) is 2. The van der Waals surface area contributed by atoms with Crippen LogP contribution in [0.15, 0.2) is 6.20 Å². The molecule has 0 aliphatic heterocycles. The number of nitrogens with zero attached hydrogens (tertiary/aromatic N) is 2. The van der Waals surface area contributed by atoms with Crippen LogP contribution in [0.3, 0.4) is 0 Å².